The second kappa shape index (κ2) is 7.50. The van der Waals surface area contributed by atoms with Gasteiger partial charge in [0.2, 0.25) is 5.95 Å². The van der Waals surface area contributed by atoms with Crippen LogP contribution in [0.1, 0.15) is 29.8 Å². The fourth-order valence-electron chi connectivity index (χ4n) is 4.74. The Balaban J connectivity index is 1.31. The van der Waals surface area contributed by atoms with E-state index in [1.54, 1.807) is 0 Å². The SMILES string of the molecule is Cc1ccnc(N2CCN(c3nnc4n3-c3ccc(Cl)cc3CN(C3CC3)C4)CC2)c1. The van der Waals surface area contributed by atoms with Crippen LogP contribution in [0.15, 0.2) is 36.5 Å². The van der Waals surface area contributed by atoms with Crippen molar-refractivity contribution >= 4 is 23.4 Å². The highest BCUT2D eigenvalue weighted by Gasteiger charge is 2.34. The minimum absolute atomic E-state index is 0.656. The molecule has 2 fully saturated rings. The van der Waals surface area contributed by atoms with Crippen LogP contribution in [0.2, 0.25) is 5.02 Å². The van der Waals surface area contributed by atoms with Crippen molar-refractivity contribution in [2.45, 2.75) is 38.9 Å². The van der Waals surface area contributed by atoms with Gasteiger partial charge in [-0.05, 0) is 61.2 Å². The van der Waals surface area contributed by atoms with E-state index in [0.717, 1.165) is 67.6 Å². The number of halogens is 1. The second-order valence-electron chi connectivity index (χ2n) is 8.83. The van der Waals surface area contributed by atoms with E-state index in [-0.39, 0.29) is 0 Å². The van der Waals surface area contributed by atoms with Crippen molar-refractivity contribution in [2.24, 2.45) is 0 Å². The van der Waals surface area contributed by atoms with E-state index in [4.69, 9.17) is 11.6 Å². The molecular formula is C23H26ClN7. The van der Waals surface area contributed by atoms with Crippen LogP contribution >= 0.6 is 11.6 Å². The Morgan fingerprint density at radius 2 is 1.74 bits per heavy atom. The highest BCUT2D eigenvalue weighted by atomic mass is 35.5. The van der Waals surface area contributed by atoms with Gasteiger partial charge in [0.15, 0.2) is 5.82 Å². The lowest BCUT2D eigenvalue weighted by Gasteiger charge is -2.36. The molecule has 3 aromatic rings. The Labute approximate surface area is 187 Å². The summed E-state index contributed by atoms with van der Waals surface area (Å²) in [4.78, 5) is 11.8. The predicted molar refractivity (Wildman–Crippen MR) is 122 cm³/mol. The summed E-state index contributed by atoms with van der Waals surface area (Å²) in [5, 5.41) is 10.1. The number of hydrogen-bond acceptors (Lipinski definition) is 6. The molecule has 1 aromatic carbocycles. The zero-order chi connectivity index (χ0) is 20.9. The Hall–Kier alpha value is -2.64. The van der Waals surface area contributed by atoms with Crippen molar-refractivity contribution in [1.29, 1.82) is 0 Å². The molecule has 2 aromatic heterocycles. The molecule has 31 heavy (non-hydrogen) atoms. The monoisotopic (exact) mass is 435 g/mol. The molecule has 0 amide bonds. The Morgan fingerprint density at radius 3 is 2.52 bits per heavy atom. The van der Waals surface area contributed by atoms with E-state index < -0.39 is 0 Å². The van der Waals surface area contributed by atoms with Gasteiger partial charge in [0, 0.05) is 50.0 Å². The lowest BCUT2D eigenvalue weighted by Crippen LogP contribution is -2.47. The molecule has 2 aliphatic heterocycles. The van der Waals surface area contributed by atoms with Gasteiger partial charge in [0.05, 0.1) is 12.2 Å². The third kappa shape index (κ3) is 3.55. The van der Waals surface area contributed by atoms with Crippen LogP contribution in [0, 0.1) is 6.92 Å². The zero-order valence-corrected chi connectivity index (χ0v) is 18.5. The first-order chi connectivity index (χ1) is 15.2. The third-order valence-corrected chi connectivity index (χ3v) is 6.80. The van der Waals surface area contributed by atoms with Crippen LogP contribution in [0.3, 0.4) is 0 Å². The first-order valence-corrected chi connectivity index (χ1v) is 11.4. The molecule has 1 saturated carbocycles. The quantitative estimate of drug-likeness (QED) is 0.628. The lowest BCUT2D eigenvalue weighted by atomic mass is 10.1. The number of pyridine rings is 1. The molecule has 0 spiro atoms. The van der Waals surface area contributed by atoms with Gasteiger partial charge in [-0.3, -0.25) is 9.47 Å². The molecule has 4 heterocycles. The molecule has 6 rings (SSSR count). The number of fused-ring (bicyclic) bond motifs is 3. The molecule has 1 saturated heterocycles. The number of aryl methyl sites for hydroxylation is 1. The zero-order valence-electron chi connectivity index (χ0n) is 17.7. The summed E-state index contributed by atoms with van der Waals surface area (Å²) >= 11 is 6.37. The van der Waals surface area contributed by atoms with Crippen molar-refractivity contribution in [2.75, 3.05) is 36.0 Å². The largest absolute Gasteiger partial charge is 0.353 e. The number of rotatable bonds is 3. The van der Waals surface area contributed by atoms with Crippen molar-refractivity contribution in [3.8, 4) is 5.69 Å². The number of anilines is 2. The minimum Gasteiger partial charge on any atom is -0.353 e. The molecular weight excluding hydrogens is 410 g/mol. The maximum absolute atomic E-state index is 6.37. The normalized spacial score (nSPS) is 19.2. The number of hydrogen-bond donors (Lipinski definition) is 0. The fourth-order valence-corrected chi connectivity index (χ4v) is 4.94. The predicted octanol–water partition coefficient (Wildman–Crippen LogP) is 3.43. The molecule has 0 unspecified atom stereocenters. The van der Waals surface area contributed by atoms with Crippen LogP contribution in [0.4, 0.5) is 11.8 Å². The summed E-state index contributed by atoms with van der Waals surface area (Å²) in [5.74, 6) is 3.01. The molecule has 8 heteroatoms. The van der Waals surface area contributed by atoms with Crippen LogP contribution in [-0.2, 0) is 13.1 Å². The van der Waals surface area contributed by atoms with Gasteiger partial charge < -0.3 is 9.80 Å². The van der Waals surface area contributed by atoms with Crippen LogP contribution in [0.5, 0.6) is 0 Å². The van der Waals surface area contributed by atoms with E-state index in [2.05, 4.69) is 59.6 Å². The molecule has 160 valence electrons. The first kappa shape index (κ1) is 19.1. The maximum Gasteiger partial charge on any atom is 0.232 e. The second-order valence-corrected chi connectivity index (χ2v) is 9.26. The minimum atomic E-state index is 0.656. The van der Waals surface area contributed by atoms with Gasteiger partial charge in [0.1, 0.15) is 5.82 Å². The van der Waals surface area contributed by atoms with Crippen molar-refractivity contribution < 1.29 is 0 Å². The highest BCUT2D eigenvalue weighted by molar-refractivity contribution is 6.30. The molecule has 7 nitrogen and oxygen atoms in total. The average Bonchev–Trinajstić information content (AvgIpc) is 3.56. The Bertz CT molecular complexity index is 1110. The van der Waals surface area contributed by atoms with Crippen LogP contribution in [-0.4, -0.2) is 56.9 Å². The molecule has 1 aliphatic carbocycles. The van der Waals surface area contributed by atoms with Crippen LogP contribution < -0.4 is 9.80 Å². The van der Waals surface area contributed by atoms with E-state index in [0.29, 0.717) is 6.04 Å². The summed E-state index contributed by atoms with van der Waals surface area (Å²) in [5.41, 5.74) is 3.65. The molecule has 0 N–H and O–H groups in total. The van der Waals surface area contributed by atoms with E-state index in [1.807, 2.05) is 18.3 Å². The lowest BCUT2D eigenvalue weighted by molar-refractivity contribution is 0.243. The van der Waals surface area contributed by atoms with Gasteiger partial charge in [-0.1, -0.05) is 11.6 Å². The summed E-state index contributed by atoms with van der Waals surface area (Å²) in [7, 11) is 0. The van der Waals surface area contributed by atoms with E-state index in [1.165, 1.54) is 24.0 Å². The summed E-state index contributed by atoms with van der Waals surface area (Å²) < 4.78 is 2.26. The van der Waals surface area contributed by atoms with Gasteiger partial charge in [-0.2, -0.15) is 0 Å². The first-order valence-electron chi connectivity index (χ1n) is 11.1. The van der Waals surface area contributed by atoms with E-state index in [9.17, 15) is 0 Å². The molecule has 0 radical (unpaired) electrons. The summed E-state index contributed by atoms with van der Waals surface area (Å²) in [6.07, 6.45) is 4.43. The number of aromatic nitrogens is 4. The molecule has 3 aliphatic rings. The molecule has 0 bridgehead atoms. The van der Waals surface area contributed by atoms with Crippen molar-refractivity contribution in [1.82, 2.24) is 24.6 Å². The van der Waals surface area contributed by atoms with Crippen molar-refractivity contribution in [3.05, 3.63) is 58.5 Å². The van der Waals surface area contributed by atoms with Gasteiger partial charge in [-0.15, -0.1) is 10.2 Å². The fraction of sp³-hybridized carbons (Fsp3) is 0.435. The smallest absolute Gasteiger partial charge is 0.232 e. The van der Waals surface area contributed by atoms with Gasteiger partial charge >= 0.3 is 0 Å². The van der Waals surface area contributed by atoms with Gasteiger partial charge in [-0.25, -0.2) is 4.98 Å². The molecule has 0 atom stereocenters. The van der Waals surface area contributed by atoms with E-state index >= 15 is 0 Å². The van der Waals surface area contributed by atoms with Crippen LogP contribution in [0.25, 0.3) is 5.69 Å². The Kier molecular flexibility index (Phi) is 4.61. The number of piperazine rings is 1. The standard InChI is InChI=1S/C23H26ClN7/c1-16-6-7-25-21(12-16)28-8-10-29(11-9-28)23-27-26-22-15-30(19-3-4-19)14-17-13-18(24)2-5-20(17)31(22)23/h2,5-7,12-13,19H,3-4,8-11,14-15H2,1H3. The topological polar surface area (TPSA) is 53.3 Å². The summed E-state index contributed by atoms with van der Waals surface area (Å²) in [6.45, 7) is 7.47. The average molecular weight is 436 g/mol. The highest BCUT2D eigenvalue weighted by Crippen LogP contribution is 2.36. The summed E-state index contributed by atoms with van der Waals surface area (Å²) in [6, 6.07) is 11.1. The maximum atomic E-state index is 6.37. The Morgan fingerprint density at radius 1 is 0.935 bits per heavy atom. The number of nitrogens with zero attached hydrogens (tertiary/aromatic N) is 7. The van der Waals surface area contributed by atoms with Crippen molar-refractivity contribution in [3.63, 3.8) is 0 Å². The third-order valence-electron chi connectivity index (χ3n) is 6.56. The number of benzene rings is 1. The van der Waals surface area contributed by atoms with Gasteiger partial charge in [0.25, 0.3) is 0 Å².